The third kappa shape index (κ3) is 5.77. The fourth-order valence-corrected chi connectivity index (χ4v) is 2.59. The average molecular weight is 442 g/mol. The van der Waals surface area contributed by atoms with Crippen LogP contribution >= 0.6 is 0 Å². The van der Waals surface area contributed by atoms with E-state index in [9.17, 15) is 26.3 Å². The molecule has 1 heterocycles. The van der Waals surface area contributed by atoms with E-state index >= 15 is 0 Å². The number of halogens is 6. The summed E-state index contributed by atoms with van der Waals surface area (Å²) in [6.45, 7) is 3.60. The average Bonchev–Trinajstić information content (AvgIpc) is 2.67. The van der Waals surface area contributed by atoms with Gasteiger partial charge < -0.3 is 15.4 Å². The number of anilines is 3. The van der Waals surface area contributed by atoms with Gasteiger partial charge in [0.15, 0.2) is 17.5 Å². The molecule has 0 aliphatic heterocycles. The number of rotatable bonds is 6. The molecule has 3 aromatic rings. The Morgan fingerprint density at radius 1 is 0.935 bits per heavy atom. The van der Waals surface area contributed by atoms with E-state index in [4.69, 9.17) is 0 Å². The highest BCUT2D eigenvalue weighted by molar-refractivity contribution is 5.68. The Balaban J connectivity index is 2.02. The molecule has 11 heteroatoms. The number of alkyl halides is 3. The second-order valence-corrected chi connectivity index (χ2v) is 6.68. The van der Waals surface area contributed by atoms with E-state index in [-0.39, 0.29) is 34.8 Å². The summed E-state index contributed by atoms with van der Waals surface area (Å²) < 4.78 is 82.2. The summed E-state index contributed by atoms with van der Waals surface area (Å²) >= 11 is 0. The minimum Gasteiger partial charge on any atom is -0.406 e. The first-order valence-corrected chi connectivity index (χ1v) is 8.94. The van der Waals surface area contributed by atoms with Crippen LogP contribution in [0.2, 0.25) is 0 Å². The summed E-state index contributed by atoms with van der Waals surface area (Å²) in [6, 6.07) is 8.03. The number of hydrogen-bond donors (Lipinski definition) is 2. The van der Waals surface area contributed by atoms with E-state index in [1.807, 2.05) is 0 Å². The molecule has 0 unspecified atom stereocenters. The van der Waals surface area contributed by atoms with Crippen LogP contribution in [0.3, 0.4) is 0 Å². The van der Waals surface area contributed by atoms with Crippen molar-refractivity contribution in [2.75, 3.05) is 10.6 Å². The third-order valence-corrected chi connectivity index (χ3v) is 3.81. The lowest BCUT2D eigenvalue weighted by atomic mass is 10.1. The molecule has 0 saturated carbocycles. The van der Waals surface area contributed by atoms with Gasteiger partial charge in [0.1, 0.15) is 11.6 Å². The summed E-state index contributed by atoms with van der Waals surface area (Å²) in [5.74, 6) is -4.82. The summed E-state index contributed by atoms with van der Waals surface area (Å²) in [5.41, 5.74) is 0.0502. The lowest BCUT2D eigenvalue weighted by Gasteiger charge is -2.14. The van der Waals surface area contributed by atoms with Crippen LogP contribution in [0.25, 0.3) is 11.3 Å². The summed E-state index contributed by atoms with van der Waals surface area (Å²) in [7, 11) is 0. The Bertz CT molecular complexity index is 1090. The molecular formula is C20H16F6N4O. The Kier molecular flexibility index (Phi) is 6.23. The summed E-state index contributed by atoms with van der Waals surface area (Å²) in [6.07, 6.45) is -4.87. The molecule has 0 amide bonds. The zero-order valence-corrected chi connectivity index (χ0v) is 16.2. The maximum Gasteiger partial charge on any atom is 0.573 e. The van der Waals surface area contributed by atoms with Crippen molar-refractivity contribution in [2.45, 2.75) is 26.3 Å². The number of aromatic nitrogens is 2. The molecule has 0 atom stereocenters. The second kappa shape index (κ2) is 8.70. The SMILES string of the molecule is CC(C)Nc1nc(Nc2ccc(F)c(F)c2F)cc(-c2cccc(OC(F)(F)F)c2)n1. The number of hydrogen-bond acceptors (Lipinski definition) is 5. The predicted octanol–water partition coefficient (Wildman–Crippen LogP) is 6.02. The van der Waals surface area contributed by atoms with Gasteiger partial charge in [-0.3, -0.25) is 0 Å². The number of ether oxygens (including phenoxy) is 1. The van der Waals surface area contributed by atoms with Gasteiger partial charge in [0.05, 0.1) is 11.4 Å². The Hall–Kier alpha value is -3.50. The van der Waals surface area contributed by atoms with Gasteiger partial charge in [-0.05, 0) is 38.1 Å². The van der Waals surface area contributed by atoms with E-state index in [0.29, 0.717) is 0 Å². The third-order valence-electron chi connectivity index (χ3n) is 3.81. The smallest absolute Gasteiger partial charge is 0.406 e. The van der Waals surface area contributed by atoms with Crippen LogP contribution < -0.4 is 15.4 Å². The van der Waals surface area contributed by atoms with Gasteiger partial charge in [-0.1, -0.05) is 12.1 Å². The van der Waals surface area contributed by atoms with Crippen molar-refractivity contribution >= 4 is 17.5 Å². The van der Waals surface area contributed by atoms with Crippen LogP contribution in [-0.4, -0.2) is 22.4 Å². The molecule has 1 aromatic heterocycles. The zero-order valence-electron chi connectivity index (χ0n) is 16.2. The molecule has 3 rings (SSSR count). The summed E-state index contributed by atoms with van der Waals surface area (Å²) in [4.78, 5) is 8.39. The zero-order chi connectivity index (χ0) is 22.8. The molecule has 5 nitrogen and oxygen atoms in total. The van der Waals surface area contributed by atoms with E-state index in [1.165, 1.54) is 18.2 Å². The molecule has 2 N–H and O–H groups in total. The number of nitrogens with one attached hydrogen (secondary N) is 2. The van der Waals surface area contributed by atoms with Crippen LogP contribution in [-0.2, 0) is 0 Å². The highest BCUT2D eigenvalue weighted by Gasteiger charge is 2.31. The number of benzene rings is 2. The van der Waals surface area contributed by atoms with E-state index in [2.05, 4.69) is 25.3 Å². The molecule has 0 radical (unpaired) electrons. The van der Waals surface area contributed by atoms with E-state index < -0.39 is 29.6 Å². The molecule has 2 aromatic carbocycles. The fourth-order valence-electron chi connectivity index (χ4n) is 2.59. The highest BCUT2D eigenvalue weighted by atomic mass is 19.4. The van der Waals surface area contributed by atoms with Crippen LogP contribution in [0.4, 0.5) is 43.8 Å². The van der Waals surface area contributed by atoms with Crippen molar-refractivity contribution < 1.29 is 31.1 Å². The Labute approximate surface area is 173 Å². The van der Waals surface area contributed by atoms with Gasteiger partial charge in [0, 0.05) is 17.7 Å². The van der Waals surface area contributed by atoms with Crippen molar-refractivity contribution in [1.82, 2.24) is 9.97 Å². The van der Waals surface area contributed by atoms with Crippen molar-refractivity contribution in [3.8, 4) is 17.0 Å². The first-order chi connectivity index (χ1) is 14.5. The lowest BCUT2D eigenvalue weighted by Crippen LogP contribution is -2.17. The van der Waals surface area contributed by atoms with Gasteiger partial charge in [-0.15, -0.1) is 13.2 Å². The topological polar surface area (TPSA) is 59.1 Å². The quantitative estimate of drug-likeness (QED) is 0.361. The lowest BCUT2D eigenvalue weighted by molar-refractivity contribution is -0.274. The minimum atomic E-state index is -4.87. The molecule has 164 valence electrons. The molecule has 0 aliphatic carbocycles. The molecular weight excluding hydrogens is 426 g/mol. The van der Waals surface area contributed by atoms with Gasteiger partial charge in [0.2, 0.25) is 5.95 Å². The van der Waals surface area contributed by atoms with E-state index in [0.717, 1.165) is 24.3 Å². The van der Waals surface area contributed by atoms with Crippen LogP contribution in [0.15, 0.2) is 42.5 Å². The highest BCUT2D eigenvalue weighted by Crippen LogP contribution is 2.30. The maximum atomic E-state index is 14.0. The first-order valence-electron chi connectivity index (χ1n) is 8.94. The normalized spacial score (nSPS) is 11.5. The van der Waals surface area contributed by atoms with E-state index in [1.54, 1.807) is 13.8 Å². The van der Waals surface area contributed by atoms with Gasteiger partial charge in [-0.25, -0.2) is 18.2 Å². The standard InChI is InChI=1S/C20H16F6N4O/c1-10(2)27-19-29-15(11-4-3-5-12(8-11)31-20(24,25)26)9-16(30-19)28-14-7-6-13(21)17(22)18(14)23/h3-10H,1-2H3,(H2,27,28,29,30). The van der Waals surface area contributed by atoms with Crippen molar-refractivity contribution in [3.63, 3.8) is 0 Å². The second-order valence-electron chi connectivity index (χ2n) is 6.68. The molecule has 0 spiro atoms. The van der Waals surface area contributed by atoms with Crippen molar-refractivity contribution in [3.05, 3.63) is 59.9 Å². The van der Waals surface area contributed by atoms with Crippen LogP contribution in [0, 0.1) is 17.5 Å². The van der Waals surface area contributed by atoms with Crippen molar-refractivity contribution in [1.29, 1.82) is 0 Å². The van der Waals surface area contributed by atoms with Gasteiger partial charge in [0.25, 0.3) is 0 Å². The molecule has 0 fully saturated rings. The van der Waals surface area contributed by atoms with Crippen LogP contribution in [0.1, 0.15) is 13.8 Å². The van der Waals surface area contributed by atoms with Gasteiger partial charge >= 0.3 is 6.36 Å². The summed E-state index contributed by atoms with van der Waals surface area (Å²) in [5, 5.41) is 5.46. The maximum absolute atomic E-state index is 14.0. The predicted molar refractivity (Wildman–Crippen MR) is 103 cm³/mol. The Morgan fingerprint density at radius 3 is 2.35 bits per heavy atom. The molecule has 31 heavy (non-hydrogen) atoms. The first kappa shape index (κ1) is 22.2. The van der Waals surface area contributed by atoms with Crippen LogP contribution in [0.5, 0.6) is 5.75 Å². The molecule has 0 aliphatic rings. The largest absolute Gasteiger partial charge is 0.573 e. The fraction of sp³-hybridized carbons (Fsp3) is 0.200. The molecule has 0 saturated heterocycles. The minimum absolute atomic E-state index is 0.000186. The Morgan fingerprint density at radius 2 is 1.68 bits per heavy atom. The van der Waals surface area contributed by atoms with Gasteiger partial charge in [-0.2, -0.15) is 4.98 Å². The van der Waals surface area contributed by atoms with Crippen molar-refractivity contribution in [2.24, 2.45) is 0 Å². The molecule has 0 bridgehead atoms. The number of nitrogens with zero attached hydrogens (tertiary/aromatic N) is 2. The monoisotopic (exact) mass is 442 g/mol.